The molecule has 5 heteroatoms. The van der Waals surface area contributed by atoms with E-state index in [9.17, 15) is 0 Å². The Bertz CT molecular complexity index is 428. The lowest BCUT2D eigenvalue weighted by Gasteiger charge is -2.27. The second-order valence-electron chi connectivity index (χ2n) is 4.82. The zero-order valence-electron chi connectivity index (χ0n) is 11.4. The first-order chi connectivity index (χ1) is 9.17. The molecule has 106 valence electrons. The minimum Gasteiger partial charge on any atom is -0.496 e. The van der Waals surface area contributed by atoms with Gasteiger partial charge >= 0.3 is 0 Å². The van der Waals surface area contributed by atoms with Crippen molar-refractivity contribution in [1.82, 2.24) is 4.90 Å². The van der Waals surface area contributed by atoms with Crippen LogP contribution in [-0.2, 0) is 4.74 Å². The lowest BCUT2D eigenvalue weighted by molar-refractivity contribution is 0.139. The fourth-order valence-corrected chi connectivity index (χ4v) is 3.23. The summed E-state index contributed by atoms with van der Waals surface area (Å²) in [5.41, 5.74) is 7.50. The lowest BCUT2D eigenvalue weighted by Crippen LogP contribution is -2.33. The number of rotatable bonds is 5. The van der Waals surface area contributed by atoms with Crippen LogP contribution in [-0.4, -0.2) is 44.9 Å². The fraction of sp³-hybridized carbons (Fsp3) is 0.571. The molecule has 0 spiro atoms. The Hall–Kier alpha value is -0.620. The molecule has 1 aliphatic rings. The Morgan fingerprint density at radius 1 is 1.42 bits per heavy atom. The molecule has 0 saturated carbocycles. The van der Waals surface area contributed by atoms with E-state index in [4.69, 9.17) is 15.2 Å². The summed E-state index contributed by atoms with van der Waals surface area (Å²) in [5, 5.41) is 0. The number of ether oxygens (including phenoxy) is 2. The van der Waals surface area contributed by atoms with Crippen molar-refractivity contribution in [3.8, 4) is 5.75 Å². The molecule has 1 aromatic carbocycles. The normalized spacial score (nSPS) is 23.8. The van der Waals surface area contributed by atoms with Crippen molar-refractivity contribution in [1.29, 1.82) is 0 Å². The number of benzene rings is 1. The number of likely N-dealkylation sites (tertiary alicyclic amines) is 1. The molecule has 0 radical (unpaired) electrons. The average Bonchev–Trinajstić information content (AvgIpc) is 2.77. The minimum absolute atomic E-state index is 0.178. The third kappa shape index (κ3) is 3.28. The number of hydrogen-bond donors (Lipinski definition) is 1. The van der Waals surface area contributed by atoms with E-state index in [1.807, 2.05) is 6.07 Å². The van der Waals surface area contributed by atoms with E-state index in [0.29, 0.717) is 0 Å². The quantitative estimate of drug-likeness (QED) is 0.900. The molecule has 1 aromatic rings. The number of hydrogen-bond acceptors (Lipinski definition) is 4. The minimum atomic E-state index is 0.178. The lowest BCUT2D eigenvalue weighted by atomic mass is 10.0. The fourth-order valence-electron chi connectivity index (χ4n) is 2.67. The third-order valence-electron chi connectivity index (χ3n) is 3.65. The SMILES string of the molecule is COCCN1CCC(N)C1c1ccc(OC)c(Br)c1. The summed E-state index contributed by atoms with van der Waals surface area (Å²) in [4.78, 5) is 2.39. The van der Waals surface area contributed by atoms with Crippen molar-refractivity contribution in [2.24, 2.45) is 5.73 Å². The molecule has 1 heterocycles. The van der Waals surface area contributed by atoms with Crippen LogP contribution >= 0.6 is 15.9 Å². The monoisotopic (exact) mass is 328 g/mol. The van der Waals surface area contributed by atoms with Gasteiger partial charge in [0.25, 0.3) is 0 Å². The maximum atomic E-state index is 6.26. The molecule has 1 saturated heterocycles. The zero-order chi connectivity index (χ0) is 13.8. The number of nitrogens with two attached hydrogens (primary N) is 1. The largest absolute Gasteiger partial charge is 0.496 e. The smallest absolute Gasteiger partial charge is 0.133 e. The molecule has 19 heavy (non-hydrogen) atoms. The number of nitrogens with zero attached hydrogens (tertiary/aromatic N) is 1. The predicted octanol–water partition coefficient (Wildman–Crippen LogP) is 2.18. The summed E-state index contributed by atoms with van der Waals surface area (Å²) < 4.78 is 11.4. The van der Waals surface area contributed by atoms with E-state index in [0.717, 1.165) is 36.3 Å². The van der Waals surface area contributed by atoms with Crippen LogP contribution in [0.2, 0.25) is 0 Å². The van der Waals surface area contributed by atoms with Crippen LogP contribution < -0.4 is 10.5 Å². The van der Waals surface area contributed by atoms with Crippen LogP contribution in [0.3, 0.4) is 0 Å². The van der Waals surface area contributed by atoms with Crippen molar-refractivity contribution in [3.05, 3.63) is 28.2 Å². The summed E-state index contributed by atoms with van der Waals surface area (Å²) in [6, 6.07) is 6.63. The molecule has 0 amide bonds. The molecule has 1 fully saturated rings. The van der Waals surface area contributed by atoms with Gasteiger partial charge in [0.15, 0.2) is 0 Å². The Labute approximate surface area is 123 Å². The molecule has 0 aromatic heterocycles. The third-order valence-corrected chi connectivity index (χ3v) is 4.27. The van der Waals surface area contributed by atoms with E-state index in [-0.39, 0.29) is 12.1 Å². The predicted molar refractivity (Wildman–Crippen MR) is 79.5 cm³/mol. The maximum Gasteiger partial charge on any atom is 0.133 e. The highest BCUT2D eigenvalue weighted by Crippen LogP contribution is 2.35. The second kappa shape index (κ2) is 6.70. The zero-order valence-corrected chi connectivity index (χ0v) is 13.0. The molecule has 2 N–H and O–H groups in total. The van der Waals surface area contributed by atoms with Crippen molar-refractivity contribution >= 4 is 15.9 Å². The van der Waals surface area contributed by atoms with Crippen LogP contribution in [0.25, 0.3) is 0 Å². The second-order valence-corrected chi connectivity index (χ2v) is 5.67. The highest BCUT2D eigenvalue weighted by atomic mass is 79.9. The van der Waals surface area contributed by atoms with Gasteiger partial charge in [-0.05, 0) is 40.0 Å². The molecular weight excluding hydrogens is 308 g/mol. The molecule has 1 aliphatic heterocycles. The molecule has 2 rings (SSSR count). The van der Waals surface area contributed by atoms with Gasteiger partial charge in [-0.1, -0.05) is 6.07 Å². The topological polar surface area (TPSA) is 47.7 Å². The van der Waals surface area contributed by atoms with Gasteiger partial charge < -0.3 is 15.2 Å². The summed E-state index contributed by atoms with van der Waals surface area (Å²) in [5.74, 6) is 0.846. The Morgan fingerprint density at radius 3 is 2.84 bits per heavy atom. The van der Waals surface area contributed by atoms with Crippen LogP contribution in [0.15, 0.2) is 22.7 Å². The van der Waals surface area contributed by atoms with E-state index < -0.39 is 0 Å². The van der Waals surface area contributed by atoms with Gasteiger partial charge in [-0.3, -0.25) is 4.90 Å². The van der Waals surface area contributed by atoms with E-state index in [1.54, 1.807) is 14.2 Å². The first-order valence-corrected chi connectivity index (χ1v) is 7.28. The molecular formula is C14H21BrN2O2. The van der Waals surface area contributed by atoms with Crippen molar-refractivity contribution in [2.45, 2.75) is 18.5 Å². The Kier molecular flexibility index (Phi) is 5.21. The Balaban J connectivity index is 2.19. The summed E-state index contributed by atoms with van der Waals surface area (Å²) in [7, 11) is 3.40. The van der Waals surface area contributed by atoms with Gasteiger partial charge in [-0.25, -0.2) is 0 Å². The first kappa shape index (κ1) is 14.8. The van der Waals surface area contributed by atoms with Gasteiger partial charge in [0.05, 0.1) is 24.2 Å². The van der Waals surface area contributed by atoms with Crippen LogP contribution in [0, 0.1) is 0 Å². The van der Waals surface area contributed by atoms with Gasteiger partial charge in [-0.15, -0.1) is 0 Å². The highest BCUT2D eigenvalue weighted by molar-refractivity contribution is 9.10. The van der Waals surface area contributed by atoms with Gasteiger partial charge in [0, 0.05) is 26.2 Å². The summed E-state index contributed by atoms with van der Waals surface area (Å²) >= 11 is 3.54. The van der Waals surface area contributed by atoms with Crippen molar-refractivity contribution in [2.75, 3.05) is 33.9 Å². The standard InChI is InChI=1S/C14H21BrN2O2/c1-18-8-7-17-6-5-12(16)14(17)10-3-4-13(19-2)11(15)9-10/h3-4,9,12,14H,5-8,16H2,1-2H3. The van der Waals surface area contributed by atoms with E-state index >= 15 is 0 Å². The first-order valence-electron chi connectivity index (χ1n) is 6.49. The summed E-state index contributed by atoms with van der Waals surface area (Å²) in [6.07, 6.45) is 1.03. The van der Waals surface area contributed by atoms with Crippen LogP contribution in [0.1, 0.15) is 18.0 Å². The molecule has 2 unspecified atom stereocenters. The maximum absolute atomic E-state index is 6.26. The highest BCUT2D eigenvalue weighted by Gasteiger charge is 2.32. The van der Waals surface area contributed by atoms with Gasteiger partial charge in [-0.2, -0.15) is 0 Å². The molecule has 0 bridgehead atoms. The van der Waals surface area contributed by atoms with Gasteiger partial charge in [0.2, 0.25) is 0 Å². The van der Waals surface area contributed by atoms with Crippen molar-refractivity contribution in [3.63, 3.8) is 0 Å². The molecule has 4 nitrogen and oxygen atoms in total. The Morgan fingerprint density at radius 2 is 2.21 bits per heavy atom. The number of halogens is 1. The molecule has 0 aliphatic carbocycles. The average molecular weight is 329 g/mol. The van der Waals surface area contributed by atoms with Gasteiger partial charge in [0.1, 0.15) is 5.75 Å². The van der Waals surface area contributed by atoms with E-state index in [2.05, 4.69) is 33.0 Å². The van der Waals surface area contributed by atoms with E-state index in [1.165, 1.54) is 5.56 Å². The van der Waals surface area contributed by atoms with Crippen LogP contribution in [0.4, 0.5) is 0 Å². The molecule has 2 atom stereocenters. The summed E-state index contributed by atoms with van der Waals surface area (Å²) in [6.45, 7) is 2.68. The van der Waals surface area contributed by atoms with Crippen molar-refractivity contribution < 1.29 is 9.47 Å². The number of methoxy groups -OCH3 is 2. The van der Waals surface area contributed by atoms with Crippen LogP contribution in [0.5, 0.6) is 5.75 Å².